The van der Waals surface area contributed by atoms with E-state index < -0.39 is 0 Å². The highest BCUT2D eigenvalue weighted by atomic mass is 16.5. The molecule has 2 nitrogen and oxygen atoms in total. The second kappa shape index (κ2) is 16.1. The van der Waals surface area contributed by atoms with Gasteiger partial charge in [-0.1, -0.05) is 73.9 Å². The average molecular weight is 369 g/mol. The molecule has 1 aromatic rings. The molecular weight excluding hydrogens is 332 g/mol. The van der Waals surface area contributed by atoms with Crippen LogP contribution in [0.25, 0.3) is 6.08 Å². The first-order valence-electron chi connectivity index (χ1n) is 10.2. The van der Waals surface area contributed by atoms with Crippen LogP contribution in [0.1, 0.15) is 62.5 Å². The summed E-state index contributed by atoms with van der Waals surface area (Å²) in [7, 11) is 1.70. The minimum absolute atomic E-state index is 0.0526. The third-order valence-electron chi connectivity index (χ3n) is 4.49. The molecule has 0 spiro atoms. The lowest BCUT2D eigenvalue weighted by atomic mass is 9.99. The van der Waals surface area contributed by atoms with Crippen LogP contribution in [0.15, 0.2) is 61.2 Å². The molecule has 0 saturated heterocycles. The lowest BCUT2D eigenvalue weighted by molar-refractivity contribution is 0.343. The maximum atomic E-state index is 9.04. The van der Waals surface area contributed by atoms with Gasteiger partial charge in [-0.2, -0.15) is 0 Å². The molecule has 0 aliphatic carbocycles. The molecular formula is C25H36O2. The monoisotopic (exact) mass is 368 g/mol. The Morgan fingerprint density at radius 1 is 0.926 bits per heavy atom. The number of aryl methyl sites for hydroxylation is 1. The van der Waals surface area contributed by atoms with Gasteiger partial charge in [0.25, 0.3) is 0 Å². The summed E-state index contributed by atoms with van der Waals surface area (Å²) in [4.78, 5) is 0. The molecule has 148 valence electrons. The fourth-order valence-electron chi connectivity index (χ4n) is 3.03. The van der Waals surface area contributed by atoms with Crippen molar-refractivity contribution in [1.29, 1.82) is 0 Å². The lowest BCUT2D eigenvalue weighted by Gasteiger charge is -2.11. The van der Waals surface area contributed by atoms with Crippen molar-refractivity contribution < 1.29 is 9.84 Å². The van der Waals surface area contributed by atoms with E-state index in [2.05, 4.69) is 36.9 Å². The largest absolute Gasteiger partial charge is 0.496 e. The summed E-state index contributed by atoms with van der Waals surface area (Å²) >= 11 is 0. The third kappa shape index (κ3) is 10.6. The van der Waals surface area contributed by atoms with Gasteiger partial charge in [0.05, 0.1) is 13.7 Å². The van der Waals surface area contributed by atoms with E-state index in [0.717, 1.165) is 30.6 Å². The second-order valence-electron chi connectivity index (χ2n) is 6.63. The quantitative estimate of drug-likeness (QED) is 0.277. The summed E-state index contributed by atoms with van der Waals surface area (Å²) in [5.74, 6) is 0.878. The molecule has 0 bridgehead atoms. The molecule has 0 fully saturated rings. The molecule has 0 unspecified atom stereocenters. The minimum Gasteiger partial charge on any atom is -0.496 e. The minimum atomic E-state index is 0.0526. The molecule has 0 amide bonds. The summed E-state index contributed by atoms with van der Waals surface area (Å²) in [6.45, 7) is 3.76. The third-order valence-corrected chi connectivity index (χ3v) is 4.49. The number of unbranched alkanes of at least 4 members (excludes halogenated alkanes) is 5. The number of aliphatic hydroxyl groups is 1. The van der Waals surface area contributed by atoms with E-state index in [4.69, 9.17) is 9.84 Å². The Bertz CT molecular complexity index is 596. The zero-order valence-electron chi connectivity index (χ0n) is 16.9. The number of hydrogen-bond acceptors (Lipinski definition) is 2. The lowest BCUT2D eigenvalue weighted by Crippen LogP contribution is -1.95. The van der Waals surface area contributed by atoms with Gasteiger partial charge in [-0.3, -0.25) is 0 Å². The molecule has 0 heterocycles. The zero-order valence-corrected chi connectivity index (χ0v) is 16.9. The van der Waals surface area contributed by atoms with Crippen LogP contribution >= 0.6 is 0 Å². The van der Waals surface area contributed by atoms with E-state index >= 15 is 0 Å². The van der Waals surface area contributed by atoms with Crippen molar-refractivity contribution in [3.63, 3.8) is 0 Å². The van der Waals surface area contributed by atoms with E-state index in [1.807, 2.05) is 24.3 Å². The number of rotatable bonds is 15. The predicted molar refractivity (Wildman–Crippen MR) is 118 cm³/mol. The van der Waals surface area contributed by atoms with Gasteiger partial charge in [0.2, 0.25) is 0 Å². The summed E-state index contributed by atoms with van der Waals surface area (Å²) in [6.07, 6.45) is 25.1. The first kappa shape index (κ1) is 23.0. The van der Waals surface area contributed by atoms with Gasteiger partial charge in [-0.15, -0.1) is 6.58 Å². The number of aliphatic hydroxyl groups excluding tert-OH is 1. The Morgan fingerprint density at radius 3 is 2.44 bits per heavy atom. The topological polar surface area (TPSA) is 29.5 Å². The van der Waals surface area contributed by atoms with Crippen LogP contribution in [0.3, 0.4) is 0 Å². The van der Waals surface area contributed by atoms with Gasteiger partial charge in [-0.25, -0.2) is 0 Å². The van der Waals surface area contributed by atoms with Crippen LogP contribution in [0.2, 0.25) is 0 Å². The fraction of sp³-hybridized carbons (Fsp3) is 0.440. The SMILES string of the molecule is C=CC/C=C\C/C=C\CCCCCCCc1cccc(OC)c1/C=C/CO. The van der Waals surface area contributed by atoms with Gasteiger partial charge in [0.1, 0.15) is 5.75 Å². The van der Waals surface area contributed by atoms with Gasteiger partial charge in [0.15, 0.2) is 0 Å². The highest BCUT2D eigenvalue weighted by molar-refractivity contribution is 5.61. The van der Waals surface area contributed by atoms with Crippen molar-refractivity contribution in [2.24, 2.45) is 0 Å². The van der Waals surface area contributed by atoms with Crippen LogP contribution in [0.5, 0.6) is 5.75 Å². The maximum Gasteiger partial charge on any atom is 0.126 e. The molecule has 2 heteroatoms. The molecule has 0 saturated carbocycles. The van der Waals surface area contributed by atoms with E-state index in [1.54, 1.807) is 13.2 Å². The highest BCUT2D eigenvalue weighted by Crippen LogP contribution is 2.25. The summed E-state index contributed by atoms with van der Waals surface area (Å²) < 4.78 is 5.45. The van der Waals surface area contributed by atoms with E-state index in [-0.39, 0.29) is 6.61 Å². The Morgan fingerprint density at radius 2 is 1.67 bits per heavy atom. The number of methoxy groups -OCH3 is 1. The smallest absolute Gasteiger partial charge is 0.126 e. The zero-order chi connectivity index (χ0) is 19.6. The Balaban J connectivity index is 2.21. The Kier molecular flexibility index (Phi) is 13.7. The van der Waals surface area contributed by atoms with Gasteiger partial charge in [0, 0.05) is 5.56 Å². The van der Waals surface area contributed by atoms with E-state index in [0.29, 0.717) is 0 Å². The summed E-state index contributed by atoms with van der Waals surface area (Å²) in [5, 5.41) is 9.04. The molecule has 0 aliphatic rings. The standard InChI is InChI=1S/C25H36O2/c1-3-4-5-6-7-8-9-10-11-12-13-14-15-18-23-19-16-21-25(27-2)24(23)20-17-22-26/h3,5-6,8-9,16-17,19-21,26H,1,4,7,10-15,18,22H2,2H3/b6-5-,9-8-,20-17+. The van der Waals surface area contributed by atoms with E-state index in [1.165, 1.54) is 44.1 Å². The Hall–Kier alpha value is -2.06. The summed E-state index contributed by atoms with van der Waals surface area (Å²) in [6, 6.07) is 6.18. The molecule has 1 N–H and O–H groups in total. The van der Waals surface area contributed by atoms with Crippen LogP contribution in [-0.2, 0) is 6.42 Å². The van der Waals surface area contributed by atoms with Crippen LogP contribution in [0, 0.1) is 0 Å². The van der Waals surface area contributed by atoms with Crippen LogP contribution in [-0.4, -0.2) is 18.8 Å². The molecule has 0 aliphatic heterocycles. The number of benzene rings is 1. The maximum absolute atomic E-state index is 9.04. The first-order chi connectivity index (χ1) is 13.3. The Labute approximate surface area is 166 Å². The molecule has 1 aromatic carbocycles. The number of allylic oxidation sites excluding steroid dienone is 5. The predicted octanol–water partition coefficient (Wildman–Crippen LogP) is 6.66. The molecule has 0 aromatic heterocycles. The molecule has 1 rings (SSSR count). The first-order valence-corrected chi connectivity index (χ1v) is 10.2. The van der Waals surface area contributed by atoms with Crippen LogP contribution in [0.4, 0.5) is 0 Å². The van der Waals surface area contributed by atoms with Crippen molar-refractivity contribution in [2.45, 2.75) is 57.8 Å². The number of hydrogen-bond donors (Lipinski definition) is 1. The average Bonchev–Trinajstić information content (AvgIpc) is 2.70. The molecule has 0 atom stereocenters. The van der Waals surface area contributed by atoms with Gasteiger partial charge >= 0.3 is 0 Å². The van der Waals surface area contributed by atoms with Gasteiger partial charge < -0.3 is 9.84 Å². The second-order valence-corrected chi connectivity index (χ2v) is 6.63. The molecule has 0 radical (unpaired) electrons. The fourth-order valence-corrected chi connectivity index (χ4v) is 3.03. The highest BCUT2D eigenvalue weighted by Gasteiger charge is 2.05. The normalized spacial score (nSPS) is 11.8. The van der Waals surface area contributed by atoms with E-state index in [9.17, 15) is 0 Å². The molecule has 27 heavy (non-hydrogen) atoms. The van der Waals surface area contributed by atoms with Crippen LogP contribution < -0.4 is 4.74 Å². The van der Waals surface area contributed by atoms with Crippen molar-refractivity contribution in [2.75, 3.05) is 13.7 Å². The van der Waals surface area contributed by atoms with Crippen molar-refractivity contribution in [1.82, 2.24) is 0 Å². The van der Waals surface area contributed by atoms with Crippen molar-refractivity contribution in [3.05, 3.63) is 72.4 Å². The summed E-state index contributed by atoms with van der Waals surface area (Å²) in [5.41, 5.74) is 2.40. The van der Waals surface area contributed by atoms with Crippen molar-refractivity contribution >= 4 is 6.08 Å². The number of ether oxygens (including phenoxy) is 1. The van der Waals surface area contributed by atoms with Crippen molar-refractivity contribution in [3.8, 4) is 5.75 Å². The van der Waals surface area contributed by atoms with Gasteiger partial charge in [-0.05, 0) is 50.2 Å².